The van der Waals surface area contributed by atoms with Crippen molar-refractivity contribution >= 4 is 33.6 Å². The molecule has 4 heteroatoms. The Bertz CT molecular complexity index is 799. The summed E-state index contributed by atoms with van der Waals surface area (Å²) in [6.45, 7) is 3.31. The van der Waals surface area contributed by atoms with Gasteiger partial charge >= 0.3 is 5.69 Å². The highest BCUT2D eigenvalue weighted by atomic mass is 127. The molecule has 0 aliphatic carbocycles. The lowest BCUT2D eigenvalue weighted by Gasteiger charge is -2.03. The minimum atomic E-state index is 0.0623. The van der Waals surface area contributed by atoms with Crippen molar-refractivity contribution in [3.05, 3.63) is 68.1 Å². The zero-order valence-electron chi connectivity index (χ0n) is 11.2. The van der Waals surface area contributed by atoms with E-state index in [9.17, 15) is 4.79 Å². The monoisotopic (exact) mass is 378 g/mol. The lowest BCUT2D eigenvalue weighted by atomic mass is 10.2. The lowest BCUT2D eigenvalue weighted by molar-refractivity contribution is 0.684. The summed E-state index contributed by atoms with van der Waals surface area (Å²) in [6, 6.07) is 16.3. The van der Waals surface area contributed by atoms with Crippen LogP contribution in [-0.2, 0) is 13.1 Å². The van der Waals surface area contributed by atoms with Crippen LogP contribution in [0.1, 0.15) is 12.5 Å². The SMILES string of the molecule is CCn1c(=O)n(Cc2ccc(I)cc2)c2ccccc21. The van der Waals surface area contributed by atoms with E-state index < -0.39 is 0 Å². The van der Waals surface area contributed by atoms with Crippen LogP contribution in [0.15, 0.2) is 53.3 Å². The highest BCUT2D eigenvalue weighted by molar-refractivity contribution is 14.1. The van der Waals surface area contributed by atoms with Crippen molar-refractivity contribution in [2.24, 2.45) is 0 Å². The molecule has 20 heavy (non-hydrogen) atoms. The third kappa shape index (κ3) is 2.28. The zero-order valence-corrected chi connectivity index (χ0v) is 13.4. The van der Waals surface area contributed by atoms with Crippen LogP contribution in [0.4, 0.5) is 0 Å². The van der Waals surface area contributed by atoms with Crippen molar-refractivity contribution in [1.82, 2.24) is 9.13 Å². The normalized spacial score (nSPS) is 11.1. The second-order valence-electron chi connectivity index (χ2n) is 4.73. The zero-order chi connectivity index (χ0) is 14.1. The molecule has 0 unspecified atom stereocenters. The van der Waals surface area contributed by atoms with Gasteiger partial charge in [-0.25, -0.2) is 4.79 Å². The standard InChI is InChI=1S/C16H15IN2O/c1-2-18-14-5-3-4-6-15(14)19(16(18)20)11-12-7-9-13(17)10-8-12/h3-10H,2,11H2,1H3. The molecule has 0 aliphatic heterocycles. The number of halogens is 1. The summed E-state index contributed by atoms with van der Waals surface area (Å²) in [5.74, 6) is 0. The van der Waals surface area contributed by atoms with Gasteiger partial charge in [-0.3, -0.25) is 9.13 Å². The Labute approximate surface area is 131 Å². The number of para-hydroxylation sites is 2. The Morgan fingerprint density at radius 2 is 1.55 bits per heavy atom. The molecule has 0 saturated carbocycles. The fourth-order valence-corrected chi connectivity index (χ4v) is 2.86. The number of aromatic nitrogens is 2. The van der Waals surface area contributed by atoms with Crippen molar-refractivity contribution in [3.63, 3.8) is 0 Å². The van der Waals surface area contributed by atoms with Crippen molar-refractivity contribution in [1.29, 1.82) is 0 Å². The minimum Gasteiger partial charge on any atom is -0.292 e. The van der Waals surface area contributed by atoms with Crippen molar-refractivity contribution in [3.8, 4) is 0 Å². The maximum absolute atomic E-state index is 12.5. The number of nitrogens with zero attached hydrogens (tertiary/aromatic N) is 2. The number of hydrogen-bond acceptors (Lipinski definition) is 1. The Morgan fingerprint density at radius 3 is 2.15 bits per heavy atom. The summed E-state index contributed by atoms with van der Waals surface area (Å²) < 4.78 is 4.87. The molecule has 0 fully saturated rings. The van der Waals surface area contributed by atoms with E-state index in [1.54, 1.807) is 0 Å². The fraction of sp³-hybridized carbons (Fsp3) is 0.188. The molecule has 3 rings (SSSR count). The molecule has 3 aromatic rings. The molecule has 2 aromatic carbocycles. The van der Waals surface area contributed by atoms with Gasteiger partial charge in [0.2, 0.25) is 0 Å². The Morgan fingerprint density at radius 1 is 0.950 bits per heavy atom. The number of hydrogen-bond donors (Lipinski definition) is 0. The van der Waals surface area contributed by atoms with Gasteiger partial charge in [0.25, 0.3) is 0 Å². The van der Waals surface area contributed by atoms with Crippen LogP contribution in [0.2, 0.25) is 0 Å². The van der Waals surface area contributed by atoms with E-state index in [2.05, 4.69) is 46.9 Å². The number of imidazole rings is 1. The van der Waals surface area contributed by atoms with Crippen LogP contribution in [0, 0.1) is 3.57 Å². The third-order valence-electron chi connectivity index (χ3n) is 3.50. The molecule has 1 aromatic heterocycles. The second-order valence-corrected chi connectivity index (χ2v) is 5.97. The second kappa shape index (κ2) is 5.44. The van der Waals surface area contributed by atoms with E-state index in [-0.39, 0.29) is 5.69 Å². The van der Waals surface area contributed by atoms with Gasteiger partial charge in [-0.2, -0.15) is 0 Å². The van der Waals surface area contributed by atoms with Gasteiger partial charge < -0.3 is 0 Å². The summed E-state index contributed by atoms with van der Waals surface area (Å²) >= 11 is 2.29. The van der Waals surface area contributed by atoms with Crippen molar-refractivity contribution in [2.75, 3.05) is 0 Å². The largest absolute Gasteiger partial charge is 0.329 e. The van der Waals surface area contributed by atoms with Crippen LogP contribution >= 0.6 is 22.6 Å². The van der Waals surface area contributed by atoms with Crippen molar-refractivity contribution < 1.29 is 0 Å². The Balaban J connectivity index is 2.14. The molecular formula is C16H15IN2O. The van der Waals surface area contributed by atoms with Crippen LogP contribution in [0.3, 0.4) is 0 Å². The molecule has 0 bridgehead atoms. The van der Waals surface area contributed by atoms with Crippen LogP contribution < -0.4 is 5.69 Å². The van der Waals surface area contributed by atoms with Gasteiger partial charge in [0.05, 0.1) is 17.6 Å². The predicted octanol–water partition coefficient (Wildman–Crippen LogP) is 3.48. The van der Waals surface area contributed by atoms with Gasteiger partial charge in [-0.1, -0.05) is 24.3 Å². The topological polar surface area (TPSA) is 26.9 Å². The first-order chi connectivity index (χ1) is 9.70. The van der Waals surface area contributed by atoms with Crippen LogP contribution in [0.25, 0.3) is 11.0 Å². The molecule has 102 valence electrons. The van der Waals surface area contributed by atoms with Gasteiger partial charge in [0, 0.05) is 10.1 Å². The highest BCUT2D eigenvalue weighted by Crippen LogP contribution is 2.15. The van der Waals surface area contributed by atoms with E-state index in [4.69, 9.17) is 0 Å². The summed E-state index contributed by atoms with van der Waals surface area (Å²) in [5.41, 5.74) is 3.21. The number of fused-ring (bicyclic) bond motifs is 1. The maximum atomic E-state index is 12.5. The van der Waals surface area contributed by atoms with E-state index in [0.717, 1.165) is 16.6 Å². The quantitative estimate of drug-likeness (QED) is 0.642. The number of benzene rings is 2. The van der Waals surface area contributed by atoms with E-state index >= 15 is 0 Å². The summed E-state index contributed by atoms with van der Waals surface area (Å²) in [7, 11) is 0. The minimum absolute atomic E-state index is 0.0623. The first kappa shape index (κ1) is 13.4. The lowest BCUT2D eigenvalue weighted by Crippen LogP contribution is -2.24. The first-order valence-corrected chi connectivity index (χ1v) is 7.71. The molecule has 0 amide bonds. The number of rotatable bonds is 3. The third-order valence-corrected chi connectivity index (χ3v) is 4.21. The van der Waals surface area contributed by atoms with Crippen LogP contribution in [-0.4, -0.2) is 9.13 Å². The van der Waals surface area contributed by atoms with E-state index in [1.807, 2.05) is 40.3 Å². The Kier molecular flexibility index (Phi) is 3.65. The molecular weight excluding hydrogens is 363 g/mol. The molecule has 0 N–H and O–H groups in total. The van der Waals surface area contributed by atoms with E-state index in [1.165, 1.54) is 3.57 Å². The van der Waals surface area contributed by atoms with Gasteiger partial charge in [0.15, 0.2) is 0 Å². The molecule has 3 nitrogen and oxygen atoms in total. The molecule has 0 saturated heterocycles. The average molecular weight is 378 g/mol. The first-order valence-electron chi connectivity index (χ1n) is 6.63. The van der Waals surface area contributed by atoms with Crippen LogP contribution in [0.5, 0.6) is 0 Å². The summed E-state index contributed by atoms with van der Waals surface area (Å²) in [6.07, 6.45) is 0. The molecule has 1 heterocycles. The number of aryl methyl sites for hydroxylation is 1. The highest BCUT2D eigenvalue weighted by Gasteiger charge is 2.11. The maximum Gasteiger partial charge on any atom is 0.329 e. The average Bonchev–Trinajstić information content (AvgIpc) is 2.74. The summed E-state index contributed by atoms with van der Waals surface area (Å²) in [5, 5.41) is 0. The smallest absolute Gasteiger partial charge is 0.292 e. The van der Waals surface area contributed by atoms with Gasteiger partial charge in [-0.15, -0.1) is 0 Å². The molecule has 0 aliphatic rings. The molecule has 0 radical (unpaired) electrons. The summed E-state index contributed by atoms with van der Waals surface area (Å²) in [4.78, 5) is 12.5. The van der Waals surface area contributed by atoms with E-state index in [0.29, 0.717) is 13.1 Å². The van der Waals surface area contributed by atoms with Gasteiger partial charge in [0.1, 0.15) is 0 Å². The van der Waals surface area contributed by atoms with Gasteiger partial charge in [-0.05, 0) is 59.3 Å². The fourth-order valence-electron chi connectivity index (χ4n) is 2.50. The molecule has 0 spiro atoms. The Hall–Kier alpha value is -1.56. The molecule has 0 atom stereocenters. The predicted molar refractivity (Wildman–Crippen MR) is 90.1 cm³/mol. The van der Waals surface area contributed by atoms with Crippen molar-refractivity contribution in [2.45, 2.75) is 20.0 Å².